The van der Waals surface area contributed by atoms with Crippen LogP contribution in [0.1, 0.15) is 11.1 Å². The zero-order valence-corrected chi connectivity index (χ0v) is 11.7. The Balaban J connectivity index is 2.15. The molecule has 0 spiro atoms. The van der Waals surface area contributed by atoms with Crippen LogP contribution in [0, 0.1) is 5.82 Å². The van der Waals surface area contributed by atoms with E-state index >= 15 is 0 Å². The normalized spacial score (nSPS) is 10.4. The van der Waals surface area contributed by atoms with Crippen molar-refractivity contribution < 1.29 is 19.0 Å². The van der Waals surface area contributed by atoms with Crippen LogP contribution in [0.15, 0.2) is 36.4 Å². The summed E-state index contributed by atoms with van der Waals surface area (Å²) in [5.41, 5.74) is 1.29. The Hall–Kier alpha value is -1.78. The Morgan fingerprint density at radius 2 is 2.00 bits per heavy atom. The molecule has 0 radical (unpaired) electrons. The zero-order valence-electron chi connectivity index (χ0n) is 10.9. The lowest BCUT2D eigenvalue weighted by atomic mass is 10.2. The second-order valence-electron chi connectivity index (χ2n) is 4.17. The van der Waals surface area contributed by atoms with Gasteiger partial charge in [-0.15, -0.1) is 0 Å². The summed E-state index contributed by atoms with van der Waals surface area (Å²) >= 11 is 5.62. The summed E-state index contributed by atoms with van der Waals surface area (Å²) in [6.07, 6.45) is 0. The maximum absolute atomic E-state index is 13.3. The predicted molar refractivity (Wildman–Crippen MR) is 74.7 cm³/mol. The molecule has 0 aliphatic rings. The van der Waals surface area contributed by atoms with Gasteiger partial charge in [-0.05, 0) is 29.8 Å². The summed E-state index contributed by atoms with van der Waals surface area (Å²) in [6, 6.07) is 9.62. The third kappa shape index (κ3) is 3.40. The molecule has 3 nitrogen and oxygen atoms in total. The lowest BCUT2D eigenvalue weighted by Crippen LogP contribution is -2.00. The number of aliphatic hydroxyl groups excluding tert-OH is 1. The molecule has 0 aromatic heterocycles. The largest absolute Gasteiger partial charge is 0.497 e. The maximum atomic E-state index is 13.3. The molecule has 1 N–H and O–H groups in total. The van der Waals surface area contributed by atoms with Crippen molar-refractivity contribution in [1.82, 2.24) is 0 Å². The molecule has 106 valence electrons. The van der Waals surface area contributed by atoms with E-state index in [1.54, 1.807) is 31.4 Å². The highest BCUT2D eigenvalue weighted by molar-refractivity contribution is 6.30. The van der Waals surface area contributed by atoms with Gasteiger partial charge < -0.3 is 14.6 Å². The Bertz CT molecular complexity index is 602. The van der Waals surface area contributed by atoms with E-state index in [9.17, 15) is 9.50 Å². The Morgan fingerprint density at radius 3 is 2.65 bits per heavy atom. The van der Waals surface area contributed by atoms with Crippen molar-refractivity contribution in [3.8, 4) is 11.5 Å². The highest BCUT2D eigenvalue weighted by Crippen LogP contribution is 2.26. The van der Waals surface area contributed by atoms with E-state index in [0.29, 0.717) is 22.6 Å². The van der Waals surface area contributed by atoms with Gasteiger partial charge in [-0.2, -0.15) is 0 Å². The van der Waals surface area contributed by atoms with Crippen LogP contribution in [0.2, 0.25) is 5.02 Å². The van der Waals surface area contributed by atoms with Crippen molar-refractivity contribution in [3.05, 3.63) is 58.4 Å². The average molecular weight is 297 g/mol. The lowest BCUT2D eigenvalue weighted by molar-refractivity contribution is 0.258. The second kappa shape index (κ2) is 6.59. The van der Waals surface area contributed by atoms with Crippen LogP contribution < -0.4 is 9.47 Å². The van der Waals surface area contributed by atoms with E-state index in [4.69, 9.17) is 21.1 Å². The number of rotatable bonds is 5. The number of methoxy groups -OCH3 is 1. The van der Waals surface area contributed by atoms with Gasteiger partial charge in [0.05, 0.1) is 18.7 Å². The second-order valence-corrected chi connectivity index (χ2v) is 4.58. The molecule has 0 fully saturated rings. The molecule has 2 aromatic rings. The van der Waals surface area contributed by atoms with Gasteiger partial charge in [-0.25, -0.2) is 4.39 Å². The Morgan fingerprint density at radius 1 is 1.20 bits per heavy atom. The van der Waals surface area contributed by atoms with Crippen molar-refractivity contribution in [2.24, 2.45) is 0 Å². The van der Waals surface area contributed by atoms with E-state index in [1.807, 2.05) is 0 Å². The Kier molecular flexibility index (Phi) is 4.82. The van der Waals surface area contributed by atoms with Crippen LogP contribution in [0.5, 0.6) is 11.5 Å². The van der Waals surface area contributed by atoms with E-state index < -0.39 is 5.82 Å². The van der Waals surface area contributed by atoms with Crippen molar-refractivity contribution in [1.29, 1.82) is 0 Å². The van der Waals surface area contributed by atoms with Crippen molar-refractivity contribution >= 4 is 11.6 Å². The molecular formula is C15H14ClFO3. The van der Waals surface area contributed by atoms with Gasteiger partial charge in [0.1, 0.15) is 23.9 Å². The molecule has 0 aliphatic carbocycles. The molecule has 2 aromatic carbocycles. The highest BCUT2D eigenvalue weighted by atomic mass is 35.5. The molecule has 20 heavy (non-hydrogen) atoms. The molecule has 5 heteroatoms. The van der Waals surface area contributed by atoms with E-state index in [1.165, 1.54) is 12.1 Å². The summed E-state index contributed by atoms with van der Waals surface area (Å²) in [5.74, 6) is 0.641. The van der Waals surface area contributed by atoms with Gasteiger partial charge in [-0.1, -0.05) is 17.7 Å². The first-order valence-corrected chi connectivity index (χ1v) is 6.36. The number of ether oxygens (including phenoxy) is 2. The first-order valence-electron chi connectivity index (χ1n) is 5.98. The fourth-order valence-corrected chi connectivity index (χ4v) is 1.83. The monoisotopic (exact) mass is 296 g/mol. The smallest absolute Gasteiger partial charge is 0.142 e. The summed E-state index contributed by atoms with van der Waals surface area (Å²) in [4.78, 5) is 0. The Labute approximate surface area is 121 Å². The van der Waals surface area contributed by atoms with Crippen LogP contribution >= 0.6 is 11.6 Å². The predicted octanol–water partition coefficient (Wildman–Crippen LogP) is 3.56. The van der Waals surface area contributed by atoms with Gasteiger partial charge in [-0.3, -0.25) is 0 Å². The van der Waals surface area contributed by atoms with Crippen LogP contribution in [0.4, 0.5) is 4.39 Å². The van der Waals surface area contributed by atoms with Crippen molar-refractivity contribution in [2.45, 2.75) is 13.2 Å². The van der Waals surface area contributed by atoms with Crippen LogP contribution in [-0.4, -0.2) is 12.2 Å². The van der Waals surface area contributed by atoms with Crippen LogP contribution in [0.25, 0.3) is 0 Å². The SMILES string of the molecule is COc1ccc(CO)c(OCc2ccc(Cl)c(F)c2)c1. The van der Waals surface area contributed by atoms with Crippen molar-refractivity contribution in [2.75, 3.05) is 7.11 Å². The summed E-state index contributed by atoms with van der Waals surface area (Å²) < 4.78 is 24.0. The first kappa shape index (κ1) is 14.6. The summed E-state index contributed by atoms with van der Waals surface area (Å²) in [7, 11) is 1.55. The number of hydrogen-bond donors (Lipinski definition) is 1. The number of aliphatic hydroxyl groups is 1. The van der Waals surface area contributed by atoms with Gasteiger partial charge in [0.2, 0.25) is 0 Å². The van der Waals surface area contributed by atoms with Gasteiger partial charge in [0.15, 0.2) is 0 Å². The number of benzene rings is 2. The van der Waals surface area contributed by atoms with E-state index in [-0.39, 0.29) is 18.2 Å². The van der Waals surface area contributed by atoms with Gasteiger partial charge >= 0.3 is 0 Å². The molecule has 0 unspecified atom stereocenters. The summed E-state index contributed by atoms with van der Waals surface area (Å²) in [5, 5.41) is 9.34. The lowest BCUT2D eigenvalue weighted by Gasteiger charge is -2.12. The molecular weight excluding hydrogens is 283 g/mol. The van der Waals surface area contributed by atoms with E-state index in [2.05, 4.69) is 0 Å². The number of halogens is 2. The average Bonchev–Trinajstić information content (AvgIpc) is 2.48. The quantitative estimate of drug-likeness (QED) is 0.917. The minimum Gasteiger partial charge on any atom is -0.497 e. The van der Waals surface area contributed by atoms with Crippen LogP contribution in [0.3, 0.4) is 0 Å². The first-order chi connectivity index (χ1) is 9.63. The minimum absolute atomic E-state index is 0.0752. The maximum Gasteiger partial charge on any atom is 0.142 e. The molecule has 0 aliphatic heterocycles. The standard InChI is InChI=1S/C15H14ClFO3/c1-19-12-4-3-11(8-18)15(7-12)20-9-10-2-5-13(16)14(17)6-10/h2-7,18H,8-9H2,1H3. The molecule has 0 heterocycles. The minimum atomic E-state index is -0.485. The zero-order chi connectivity index (χ0) is 14.5. The third-order valence-electron chi connectivity index (χ3n) is 2.82. The molecule has 0 saturated carbocycles. The van der Waals surface area contributed by atoms with Crippen LogP contribution in [-0.2, 0) is 13.2 Å². The topological polar surface area (TPSA) is 38.7 Å². The van der Waals surface area contributed by atoms with E-state index in [0.717, 1.165) is 0 Å². The van der Waals surface area contributed by atoms with Gasteiger partial charge in [0.25, 0.3) is 0 Å². The molecule has 0 amide bonds. The van der Waals surface area contributed by atoms with Crippen molar-refractivity contribution in [3.63, 3.8) is 0 Å². The fraction of sp³-hybridized carbons (Fsp3) is 0.200. The molecule has 0 bridgehead atoms. The third-order valence-corrected chi connectivity index (χ3v) is 3.13. The number of hydrogen-bond acceptors (Lipinski definition) is 3. The highest BCUT2D eigenvalue weighted by Gasteiger charge is 2.07. The molecule has 2 rings (SSSR count). The fourth-order valence-electron chi connectivity index (χ4n) is 1.72. The molecule has 0 saturated heterocycles. The summed E-state index contributed by atoms with van der Waals surface area (Å²) in [6.45, 7) is 0.0303. The van der Waals surface area contributed by atoms with Gasteiger partial charge in [0, 0.05) is 11.6 Å². The molecule has 0 atom stereocenters.